The number of methoxy groups -OCH3 is 1. The quantitative estimate of drug-likeness (QED) is 0.419. The van der Waals surface area contributed by atoms with Gasteiger partial charge in [-0.2, -0.15) is 4.80 Å². The summed E-state index contributed by atoms with van der Waals surface area (Å²) < 4.78 is 5.50. The molecule has 0 radical (unpaired) electrons. The van der Waals surface area contributed by atoms with Crippen LogP contribution in [0.1, 0.15) is 62.2 Å². The van der Waals surface area contributed by atoms with Crippen molar-refractivity contribution in [3.05, 3.63) is 45.9 Å². The second-order valence-electron chi connectivity index (χ2n) is 7.24. The van der Waals surface area contributed by atoms with Crippen LogP contribution in [0.25, 0.3) is 17.5 Å². The molecule has 2 aromatic heterocycles. The average Bonchev–Trinajstić information content (AvgIpc) is 3.40. The lowest BCUT2D eigenvalue weighted by molar-refractivity contribution is 0.414. The maximum atomic E-state index is 5.50. The summed E-state index contributed by atoms with van der Waals surface area (Å²) in [6.45, 7) is 7.08. The lowest BCUT2D eigenvalue weighted by Crippen LogP contribution is -1.98. The van der Waals surface area contributed by atoms with E-state index in [0.717, 1.165) is 42.6 Å². The number of ether oxygens (including phenoxy) is 1. The van der Waals surface area contributed by atoms with Crippen LogP contribution in [-0.4, -0.2) is 32.3 Å². The molecule has 0 saturated heterocycles. The average molecular weight is 412 g/mol. The Labute approximate surface area is 176 Å². The predicted molar refractivity (Wildman–Crippen MR) is 118 cm³/mol. The van der Waals surface area contributed by atoms with Gasteiger partial charge >= 0.3 is 0 Å². The molecular formula is C22H29N5OS. The summed E-state index contributed by atoms with van der Waals surface area (Å²) in [5.74, 6) is 1.99. The smallest absolute Gasteiger partial charge is 0.204 e. The number of aromatic nitrogens is 5. The van der Waals surface area contributed by atoms with Gasteiger partial charge in [0, 0.05) is 22.4 Å². The van der Waals surface area contributed by atoms with Crippen molar-refractivity contribution in [1.82, 2.24) is 25.2 Å². The van der Waals surface area contributed by atoms with E-state index in [1.54, 1.807) is 23.2 Å². The van der Waals surface area contributed by atoms with E-state index in [2.05, 4.69) is 52.9 Å². The Morgan fingerprint density at radius 2 is 2.10 bits per heavy atom. The van der Waals surface area contributed by atoms with E-state index in [-0.39, 0.29) is 0 Å². The van der Waals surface area contributed by atoms with E-state index in [1.165, 1.54) is 10.7 Å². The van der Waals surface area contributed by atoms with Gasteiger partial charge in [-0.05, 0) is 56.0 Å². The van der Waals surface area contributed by atoms with Gasteiger partial charge in [-0.25, -0.2) is 4.98 Å². The molecule has 1 aromatic carbocycles. The number of benzene rings is 1. The molecule has 3 aromatic rings. The van der Waals surface area contributed by atoms with Gasteiger partial charge in [0.05, 0.1) is 24.4 Å². The van der Waals surface area contributed by atoms with E-state index < -0.39 is 0 Å². The van der Waals surface area contributed by atoms with Gasteiger partial charge in [-0.15, -0.1) is 21.5 Å². The second kappa shape index (κ2) is 10.3. The zero-order valence-corrected chi connectivity index (χ0v) is 18.4. The largest absolute Gasteiger partial charge is 0.496 e. The third-order valence-electron chi connectivity index (χ3n) is 4.64. The summed E-state index contributed by atoms with van der Waals surface area (Å²) in [6.07, 6.45) is 8.69. The van der Waals surface area contributed by atoms with Crippen LogP contribution < -0.4 is 4.74 Å². The van der Waals surface area contributed by atoms with Crippen LogP contribution in [0.2, 0.25) is 0 Å². The summed E-state index contributed by atoms with van der Waals surface area (Å²) in [7, 11) is 1.69. The molecule has 0 aliphatic carbocycles. The predicted octanol–water partition coefficient (Wildman–Crippen LogP) is 5.37. The van der Waals surface area contributed by atoms with Crippen molar-refractivity contribution >= 4 is 17.4 Å². The number of rotatable bonds is 10. The van der Waals surface area contributed by atoms with E-state index in [4.69, 9.17) is 9.72 Å². The summed E-state index contributed by atoms with van der Waals surface area (Å²) in [5.41, 5.74) is 3.19. The van der Waals surface area contributed by atoms with Crippen LogP contribution in [0.5, 0.6) is 5.75 Å². The fourth-order valence-corrected chi connectivity index (χ4v) is 3.85. The van der Waals surface area contributed by atoms with Crippen LogP contribution in [0.15, 0.2) is 29.7 Å². The van der Waals surface area contributed by atoms with Crippen molar-refractivity contribution in [2.75, 3.05) is 7.11 Å². The van der Waals surface area contributed by atoms with Crippen LogP contribution in [0.4, 0.5) is 0 Å². The maximum Gasteiger partial charge on any atom is 0.204 e. The molecule has 0 aliphatic rings. The Hall–Kier alpha value is -2.54. The molecule has 3 rings (SSSR count). The maximum absolute atomic E-state index is 5.50. The third kappa shape index (κ3) is 5.73. The molecular weight excluding hydrogens is 382 g/mol. The summed E-state index contributed by atoms with van der Waals surface area (Å²) in [6, 6.07) is 5.97. The first-order valence-electron chi connectivity index (χ1n) is 10.2. The summed E-state index contributed by atoms with van der Waals surface area (Å²) >= 11 is 1.77. The minimum atomic E-state index is 0.518. The Balaban J connectivity index is 1.55. The molecule has 0 atom stereocenters. The van der Waals surface area contributed by atoms with Gasteiger partial charge in [-0.1, -0.05) is 26.0 Å². The highest BCUT2D eigenvalue weighted by atomic mass is 32.1. The van der Waals surface area contributed by atoms with E-state index in [1.807, 2.05) is 19.1 Å². The van der Waals surface area contributed by atoms with E-state index >= 15 is 0 Å². The first-order chi connectivity index (χ1) is 14.1. The van der Waals surface area contributed by atoms with Crippen molar-refractivity contribution < 1.29 is 4.74 Å². The van der Waals surface area contributed by atoms with E-state index in [9.17, 15) is 0 Å². The van der Waals surface area contributed by atoms with Crippen molar-refractivity contribution in [3.8, 4) is 17.1 Å². The molecule has 154 valence electrons. The van der Waals surface area contributed by atoms with Gasteiger partial charge in [-0.3, -0.25) is 0 Å². The minimum Gasteiger partial charge on any atom is -0.496 e. The minimum absolute atomic E-state index is 0.518. The zero-order valence-electron chi connectivity index (χ0n) is 17.6. The summed E-state index contributed by atoms with van der Waals surface area (Å²) in [4.78, 5) is 6.29. The second-order valence-corrected chi connectivity index (χ2v) is 8.13. The number of thiazole rings is 1. The molecule has 2 heterocycles. The molecule has 0 amide bonds. The van der Waals surface area contributed by atoms with Crippen LogP contribution in [0, 0.1) is 0 Å². The van der Waals surface area contributed by atoms with Gasteiger partial charge in [0.2, 0.25) is 5.82 Å². The van der Waals surface area contributed by atoms with Crippen molar-refractivity contribution in [2.45, 2.75) is 58.9 Å². The first-order valence-corrected chi connectivity index (χ1v) is 11.1. The van der Waals surface area contributed by atoms with Gasteiger partial charge in [0.1, 0.15) is 5.75 Å². The first kappa shape index (κ1) is 21.2. The molecule has 0 N–H and O–H groups in total. The molecule has 0 bridgehead atoms. The number of hydrogen-bond acceptors (Lipinski definition) is 6. The molecule has 6 nitrogen and oxygen atoms in total. The number of hydrogen-bond donors (Lipinski definition) is 0. The van der Waals surface area contributed by atoms with Crippen LogP contribution >= 0.6 is 11.3 Å². The molecule has 29 heavy (non-hydrogen) atoms. The number of nitrogens with zero attached hydrogens (tertiary/aromatic N) is 5. The van der Waals surface area contributed by atoms with Gasteiger partial charge in [0.15, 0.2) is 0 Å². The van der Waals surface area contributed by atoms with Gasteiger partial charge < -0.3 is 4.74 Å². The number of allylic oxidation sites excluding steroid dienone is 1. The monoisotopic (exact) mass is 411 g/mol. The highest BCUT2D eigenvalue weighted by molar-refractivity contribution is 7.09. The Morgan fingerprint density at radius 1 is 1.24 bits per heavy atom. The lowest BCUT2D eigenvalue weighted by Gasteiger charge is -2.06. The van der Waals surface area contributed by atoms with Gasteiger partial charge in [0.25, 0.3) is 0 Å². The number of tetrazole rings is 1. The van der Waals surface area contributed by atoms with E-state index in [0.29, 0.717) is 18.3 Å². The van der Waals surface area contributed by atoms with Crippen LogP contribution in [0.3, 0.4) is 0 Å². The zero-order chi connectivity index (χ0) is 20.6. The molecule has 0 spiro atoms. The molecule has 0 unspecified atom stereocenters. The van der Waals surface area contributed by atoms with Crippen molar-refractivity contribution in [3.63, 3.8) is 0 Å². The number of aryl methyl sites for hydroxylation is 2. The Kier molecular flexibility index (Phi) is 7.52. The topological polar surface area (TPSA) is 65.7 Å². The molecule has 0 saturated carbocycles. The highest BCUT2D eigenvalue weighted by Gasteiger charge is 2.09. The standard InChI is InChI=1S/C22H29N5OS/c1-5-27-25-21(24-26-27)18-12-13-20(28-4)17(14-18)10-8-6-7-9-11-19-15-29-22(23-19)16(2)3/h8,10,12-16H,5-7,9,11H2,1-4H3/b10-8+. The Bertz CT molecular complexity index is 944. The van der Waals surface area contributed by atoms with Crippen molar-refractivity contribution in [1.29, 1.82) is 0 Å². The lowest BCUT2D eigenvalue weighted by atomic mass is 10.1. The third-order valence-corrected chi connectivity index (χ3v) is 5.83. The molecule has 0 fully saturated rings. The normalized spacial score (nSPS) is 11.6. The van der Waals surface area contributed by atoms with Crippen molar-refractivity contribution in [2.24, 2.45) is 0 Å². The summed E-state index contributed by atoms with van der Waals surface area (Å²) in [5, 5.41) is 16.0. The molecule has 7 heteroatoms. The highest BCUT2D eigenvalue weighted by Crippen LogP contribution is 2.26. The molecule has 0 aliphatic heterocycles. The van der Waals surface area contributed by atoms with Crippen LogP contribution in [-0.2, 0) is 13.0 Å². The Morgan fingerprint density at radius 3 is 2.79 bits per heavy atom. The fraction of sp³-hybridized carbons (Fsp3) is 0.455. The fourth-order valence-electron chi connectivity index (χ4n) is 2.98. The SMILES string of the molecule is CCn1nnc(-c2ccc(OC)c(/C=C/CCCCc3csc(C(C)C)n3)c2)n1. The number of unbranched alkanes of at least 4 members (excludes halogenated alkanes) is 2.